The fourth-order valence-corrected chi connectivity index (χ4v) is 3.94. The second-order valence-electron chi connectivity index (χ2n) is 7.23. The van der Waals surface area contributed by atoms with E-state index in [1.54, 1.807) is 25.7 Å². The van der Waals surface area contributed by atoms with E-state index >= 15 is 0 Å². The van der Waals surface area contributed by atoms with Crippen molar-refractivity contribution in [2.24, 2.45) is 5.92 Å². The van der Waals surface area contributed by atoms with Crippen LogP contribution in [0.4, 0.5) is 5.82 Å². The van der Waals surface area contributed by atoms with Crippen molar-refractivity contribution < 1.29 is 9.53 Å². The van der Waals surface area contributed by atoms with Gasteiger partial charge < -0.3 is 14.5 Å². The summed E-state index contributed by atoms with van der Waals surface area (Å²) < 4.78 is 5.46. The minimum absolute atomic E-state index is 0.114. The van der Waals surface area contributed by atoms with E-state index in [2.05, 4.69) is 26.8 Å². The van der Waals surface area contributed by atoms with Gasteiger partial charge in [0, 0.05) is 64.7 Å². The predicted octanol–water partition coefficient (Wildman–Crippen LogP) is 0.871. The highest BCUT2D eigenvalue weighted by atomic mass is 16.5. The molecule has 7 nitrogen and oxygen atoms in total. The Balaban J connectivity index is 1.49. The van der Waals surface area contributed by atoms with Crippen molar-refractivity contribution in [1.82, 2.24) is 19.8 Å². The Labute approximate surface area is 150 Å². The summed E-state index contributed by atoms with van der Waals surface area (Å²) >= 11 is 0. The van der Waals surface area contributed by atoms with Crippen molar-refractivity contribution in [2.75, 3.05) is 52.3 Å². The number of ether oxygens (including phenoxy) is 1. The Bertz CT molecular complexity index is 562. The monoisotopic (exact) mass is 347 g/mol. The molecule has 1 aromatic heterocycles. The molecule has 2 atom stereocenters. The van der Waals surface area contributed by atoms with Crippen LogP contribution in [0.15, 0.2) is 18.6 Å². The van der Waals surface area contributed by atoms with Gasteiger partial charge in [0.1, 0.15) is 5.82 Å². The van der Waals surface area contributed by atoms with Gasteiger partial charge >= 0.3 is 0 Å². The smallest absolute Gasteiger partial charge is 0.225 e. The van der Waals surface area contributed by atoms with Crippen LogP contribution in [0.1, 0.15) is 19.3 Å². The van der Waals surface area contributed by atoms with E-state index in [1.807, 2.05) is 11.9 Å². The van der Waals surface area contributed by atoms with Crippen molar-refractivity contribution in [3.8, 4) is 0 Å². The van der Waals surface area contributed by atoms with Crippen LogP contribution >= 0.6 is 0 Å². The van der Waals surface area contributed by atoms with Crippen LogP contribution in [0.3, 0.4) is 0 Å². The second-order valence-corrected chi connectivity index (χ2v) is 7.23. The standard InChI is InChI=1S/C18H29N5O2/c1-21-13-16(25-3)10-15(21)12-22(2)18(24)14-4-8-23(9-5-14)17-11-19-6-7-20-17/h6-7,11,14-16H,4-5,8-10,12-13H2,1-3H3/t15-,16-/m0/s1. The third-order valence-electron chi connectivity index (χ3n) is 5.56. The lowest BCUT2D eigenvalue weighted by Crippen LogP contribution is -2.45. The van der Waals surface area contributed by atoms with Crippen LogP contribution in [0, 0.1) is 5.92 Å². The van der Waals surface area contributed by atoms with Crippen molar-refractivity contribution >= 4 is 11.7 Å². The number of rotatable bonds is 5. The first-order valence-corrected chi connectivity index (χ1v) is 9.07. The summed E-state index contributed by atoms with van der Waals surface area (Å²) in [7, 11) is 5.81. The third kappa shape index (κ3) is 4.27. The highest BCUT2D eigenvalue weighted by molar-refractivity contribution is 5.79. The van der Waals surface area contributed by atoms with Crippen LogP contribution in [-0.4, -0.2) is 85.2 Å². The third-order valence-corrected chi connectivity index (χ3v) is 5.56. The van der Waals surface area contributed by atoms with Gasteiger partial charge in [0.25, 0.3) is 0 Å². The summed E-state index contributed by atoms with van der Waals surface area (Å²) in [4.78, 5) is 27.7. The van der Waals surface area contributed by atoms with E-state index in [-0.39, 0.29) is 17.9 Å². The molecule has 2 aliphatic rings. The van der Waals surface area contributed by atoms with Crippen molar-refractivity contribution in [1.29, 1.82) is 0 Å². The molecule has 2 saturated heterocycles. The number of likely N-dealkylation sites (tertiary alicyclic amines) is 1. The molecule has 1 amide bonds. The minimum Gasteiger partial charge on any atom is -0.380 e. The largest absolute Gasteiger partial charge is 0.380 e. The Morgan fingerprint density at radius 1 is 1.36 bits per heavy atom. The fraction of sp³-hybridized carbons (Fsp3) is 0.722. The van der Waals surface area contributed by atoms with Crippen molar-refractivity contribution in [3.63, 3.8) is 0 Å². The number of carbonyl (C=O) groups excluding carboxylic acids is 1. The zero-order valence-corrected chi connectivity index (χ0v) is 15.5. The lowest BCUT2D eigenvalue weighted by Gasteiger charge is -2.34. The molecule has 0 bridgehead atoms. The van der Waals surface area contributed by atoms with Crippen LogP contribution in [0.2, 0.25) is 0 Å². The van der Waals surface area contributed by atoms with E-state index < -0.39 is 0 Å². The number of amides is 1. The molecule has 7 heteroatoms. The highest BCUT2D eigenvalue weighted by Crippen LogP contribution is 2.24. The molecule has 0 N–H and O–H groups in total. The predicted molar refractivity (Wildman–Crippen MR) is 96.4 cm³/mol. The van der Waals surface area contributed by atoms with E-state index in [0.717, 1.165) is 51.3 Å². The van der Waals surface area contributed by atoms with Gasteiger partial charge in [0.2, 0.25) is 5.91 Å². The number of nitrogens with zero attached hydrogens (tertiary/aromatic N) is 5. The maximum Gasteiger partial charge on any atom is 0.225 e. The van der Waals surface area contributed by atoms with Gasteiger partial charge in [-0.2, -0.15) is 0 Å². The van der Waals surface area contributed by atoms with Gasteiger partial charge in [-0.25, -0.2) is 4.98 Å². The molecule has 25 heavy (non-hydrogen) atoms. The number of methoxy groups -OCH3 is 1. The Hall–Kier alpha value is -1.73. The van der Waals surface area contributed by atoms with Gasteiger partial charge in [0.15, 0.2) is 0 Å². The van der Waals surface area contributed by atoms with Gasteiger partial charge in [0.05, 0.1) is 12.3 Å². The summed E-state index contributed by atoms with van der Waals surface area (Å²) in [5.41, 5.74) is 0. The summed E-state index contributed by atoms with van der Waals surface area (Å²) in [6.07, 6.45) is 8.22. The van der Waals surface area contributed by atoms with E-state index in [1.165, 1.54) is 0 Å². The van der Waals surface area contributed by atoms with E-state index in [9.17, 15) is 4.79 Å². The SMILES string of the molecule is CO[C@H]1C[C@@H](CN(C)C(=O)C2CCN(c3cnccn3)CC2)N(C)C1. The number of anilines is 1. The molecule has 2 fully saturated rings. The van der Waals surface area contributed by atoms with Gasteiger partial charge in [-0.05, 0) is 26.3 Å². The maximum absolute atomic E-state index is 12.8. The average molecular weight is 347 g/mol. The Morgan fingerprint density at radius 2 is 2.12 bits per heavy atom. The van der Waals surface area contributed by atoms with Crippen LogP contribution in [0.25, 0.3) is 0 Å². The lowest BCUT2D eigenvalue weighted by atomic mass is 9.95. The molecule has 3 rings (SSSR count). The molecule has 138 valence electrons. The number of carbonyl (C=O) groups is 1. The summed E-state index contributed by atoms with van der Waals surface area (Å²) in [6.45, 7) is 3.44. The molecule has 0 aromatic carbocycles. The van der Waals surface area contributed by atoms with Gasteiger partial charge in [-0.3, -0.25) is 14.7 Å². The van der Waals surface area contributed by atoms with Crippen molar-refractivity contribution in [3.05, 3.63) is 18.6 Å². The Morgan fingerprint density at radius 3 is 2.72 bits per heavy atom. The Kier molecular flexibility index (Phi) is 5.86. The number of likely N-dealkylation sites (N-methyl/N-ethyl adjacent to an activating group) is 2. The number of hydrogen-bond acceptors (Lipinski definition) is 6. The zero-order valence-electron chi connectivity index (χ0n) is 15.5. The number of piperidine rings is 1. The summed E-state index contributed by atoms with van der Waals surface area (Å²) in [6, 6.07) is 0.388. The second kappa shape index (κ2) is 8.10. The first-order valence-electron chi connectivity index (χ1n) is 9.07. The molecule has 3 heterocycles. The van der Waals surface area contributed by atoms with Crippen LogP contribution in [-0.2, 0) is 9.53 Å². The molecule has 1 aromatic rings. The quantitative estimate of drug-likeness (QED) is 0.788. The molecule has 0 spiro atoms. The van der Waals surface area contributed by atoms with Gasteiger partial charge in [-0.15, -0.1) is 0 Å². The first-order chi connectivity index (χ1) is 12.1. The summed E-state index contributed by atoms with van der Waals surface area (Å²) in [5, 5.41) is 0. The zero-order chi connectivity index (χ0) is 17.8. The molecule has 2 aliphatic heterocycles. The molecule has 0 saturated carbocycles. The van der Waals surface area contributed by atoms with Crippen LogP contribution in [0.5, 0.6) is 0 Å². The number of aromatic nitrogens is 2. The fourth-order valence-electron chi connectivity index (χ4n) is 3.94. The maximum atomic E-state index is 12.8. The topological polar surface area (TPSA) is 61.8 Å². The molecule has 0 unspecified atom stereocenters. The molecule has 0 radical (unpaired) electrons. The normalized spacial score (nSPS) is 25.3. The summed E-state index contributed by atoms with van der Waals surface area (Å²) in [5.74, 6) is 1.29. The number of hydrogen-bond donors (Lipinski definition) is 0. The average Bonchev–Trinajstić information content (AvgIpc) is 3.01. The minimum atomic E-state index is 0.114. The molecular formula is C18H29N5O2. The van der Waals surface area contributed by atoms with Crippen molar-refractivity contribution in [2.45, 2.75) is 31.4 Å². The van der Waals surface area contributed by atoms with E-state index in [0.29, 0.717) is 6.04 Å². The highest BCUT2D eigenvalue weighted by Gasteiger charge is 2.33. The first kappa shape index (κ1) is 18.1. The molecule has 0 aliphatic carbocycles. The van der Waals surface area contributed by atoms with Gasteiger partial charge in [-0.1, -0.05) is 0 Å². The van der Waals surface area contributed by atoms with Crippen LogP contribution < -0.4 is 4.90 Å². The molecular weight excluding hydrogens is 318 g/mol. The lowest BCUT2D eigenvalue weighted by molar-refractivity contribution is -0.135. The van der Waals surface area contributed by atoms with E-state index in [4.69, 9.17) is 4.74 Å².